The summed E-state index contributed by atoms with van der Waals surface area (Å²) in [5.74, 6) is 0.950. The van der Waals surface area contributed by atoms with Crippen molar-refractivity contribution in [2.45, 2.75) is 76.2 Å². The molecule has 0 aromatic carbocycles. The summed E-state index contributed by atoms with van der Waals surface area (Å²) in [6.07, 6.45) is 10.7. The van der Waals surface area contributed by atoms with Gasteiger partial charge in [0.15, 0.2) is 0 Å². The van der Waals surface area contributed by atoms with Crippen LogP contribution in [-0.2, 0) is 0 Å². The Morgan fingerprint density at radius 2 is 1.73 bits per heavy atom. The molecule has 0 spiro atoms. The Labute approximate surface area is 96.6 Å². The van der Waals surface area contributed by atoms with Crippen LogP contribution in [0.15, 0.2) is 0 Å². The molecule has 3 heteroatoms. The SMILES string of the molecule is CBC1CCCCCC(C)(BO)CCC1. The van der Waals surface area contributed by atoms with Crippen molar-refractivity contribution in [3.05, 3.63) is 0 Å². The zero-order valence-corrected chi connectivity index (χ0v) is 10.6. The highest BCUT2D eigenvalue weighted by molar-refractivity contribution is 6.35. The third-order valence-electron chi connectivity index (χ3n) is 4.24. The van der Waals surface area contributed by atoms with E-state index in [0.717, 1.165) is 5.82 Å². The number of hydrogen-bond acceptors (Lipinski definition) is 1. The Balaban J connectivity index is 2.43. The van der Waals surface area contributed by atoms with Crippen LogP contribution in [0.3, 0.4) is 0 Å². The number of hydrogen-bond donors (Lipinski definition) is 1. The molecule has 1 N–H and O–H groups in total. The highest BCUT2D eigenvalue weighted by Crippen LogP contribution is 2.39. The fourth-order valence-corrected chi connectivity index (χ4v) is 2.81. The predicted octanol–water partition coefficient (Wildman–Crippen LogP) is 2.92. The van der Waals surface area contributed by atoms with E-state index in [9.17, 15) is 5.02 Å². The molecule has 1 fully saturated rings. The van der Waals surface area contributed by atoms with Crippen molar-refractivity contribution in [2.75, 3.05) is 0 Å². The summed E-state index contributed by atoms with van der Waals surface area (Å²) < 4.78 is 0. The summed E-state index contributed by atoms with van der Waals surface area (Å²) in [6, 6.07) is 0. The van der Waals surface area contributed by atoms with Crippen LogP contribution in [0.25, 0.3) is 0 Å². The molecule has 0 radical (unpaired) electrons. The largest absolute Gasteiger partial charge is 0.453 e. The van der Waals surface area contributed by atoms with Crippen molar-refractivity contribution < 1.29 is 5.02 Å². The molecule has 0 aliphatic heterocycles. The lowest BCUT2D eigenvalue weighted by Gasteiger charge is -2.28. The quantitative estimate of drug-likeness (QED) is 0.691. The Morgan fingerprint density at radius 1 is 1.07 bits per heavy atom. The second-order valence-electron chi connectivity index (χ2n) is 5.73. The van der Waals surface area contributed by atoms with E-state index in [-0.39, 0.29) is 5.31 Å². The lowest BCUT2D eigenvalue weighted by atomic mass is 9.57. The molecule has 0 amide bonds. The van der Waals surface area contributed by atoms with Gasteiger partial charge in [0, 0.05) is 0 Å². The topological polar surface area (TPSA) is 20.2 Å². The van der Waals surface area contributed by atoms with Crippen molar-refractivity contribution in [1.29, 1.82) is 0 Å². The zero-order chi connectivity index (χ0) is 11.1. The fourth-order valence-electron chi connectivity index (χ4n) is 2.81. The van der Waals surface area contributed by atoms with Gasteiger partial charge in [-0.3, -0.25) is 0 Å². The van der Waals surface area contributed by atoms with Crippen molar-refractivity contribution in [3.8, 4) is 0 Å². The predicted molar refractivity (Wildman–Crippen MR) is 71.4 cm³/mol. The summed E-state index contributed by atoms with van der Waals surface area (Å²) in [5, 5.41) is 9.67. The minimum Gasteiger partial charge on any atom is -0.453 e. The van der Waals surface area contributed by atoms with Gasteiger partial charge in [-0.2, -0.15) is 0 Å². The first-order valence-corrected chi connectivity index (χ1v) is 6.81. The average molecular weight is 208 g/mol. The monoisotopic (exact) mass is 208 g/mol. The molecule has 0 saturated heterocycles. The highest BCUT2D eigenvalue weighted by Gasteiger charge is 2.25. The van der Waals surface area contributed by atoms with Gasteiger partial charge in [0.05, 0.1) is 0 Å². The molecule has 0 aromatic heterocycles. The van der Waals surface area contributed by atoms with E-state index < -0.39 is 0 Å². The van der Waals surface area contributed by atoms with Crippen LogP contribution in [0.4, 0.5) is 0 Å². The van der Waals surface area contributed by atoms with Gasteiger partial charge >= 0.3 is 0 Å². The van der Waals surface area contributed by atoms with E-state index in [1.54, 1.807) is 0 Å². The Kier molecular flexibility index (Phi) is 5.81. The van der Waals surface area contributed by atoms with Gasteiger partial charge in [0.1, 0.15) is 7.28 Å². The normalized spacial score (nSPS) is 34.5. The molecule has 2 unspecified atom stereocenters. The first-order chi connectivity index (χ1) is 7.20. The first-order valence-electron chi connectivity index (χ1n) is 6.81. The summed E-state index contributed by atoms with van der Waals surface area (Å²) in [5.41, 5.74) is 0. The van der Waals surface area contributed by atoms with E-state index in [4.69, 9.17) is 0 Å². The second-order valence-corrected chi connectivity index (χ2v) is 5.73. The van der Waals surface area contributed by atoms with Gasteiger partial charge in [0.2, 0.25) is 0 Å². The molecule has 2 atom stereocenters. The Morgan fingerprint density at radius 3 is 2.40 bits per heavy atom. The van der Waals surface area contributed by atoms with Crippen molar-refractivity contribution in [2.24, 2.45) is 0 Å². The van der Waals surface area contributed by atoms with Crippen LogP contribution in [0.1, 0.15) is 58.3 Å². The van der Waals surface area contributed by atoms with Crippen molar-refractivity contribution in [3.63, 3.8) is 0 Å². The third-order valence-corrected chi connectivity index (χ3v) is 4.24. The molecule has 15 heavy (non-hydrogen) atoms. The van der Waals surface area contributed by atoms with Crippen LogP contribution >= 0.6 is 0 Å². The molecule has 86 valence electrons. The van der Waals surface area contributed by atoms with E-state index in [1.807, 2.05) is 0 Å². The van der Waals surface area contributed by atoms with Crippen LogP contribution < -0.4 is 0 Å². The van der Waals surface area contributed by atoms with Gasteiger partial charge in [-0.05, 0) is 5.31 Å². The Hall–Kier alpha value is 0.0899. The standard InChI is InChI=1S/C12H26B2O/c1-12(14-15)9-5-3-4-7-11(13-2)8-6-10-12/h11,13-15H,3-10H2,1-2H3. The van der Waals surface area contributed by atoms with Gasteiger partial charge in [-0.1, -0.05) is 70.9 Å². The summed E-state index contributed by atoms with van der Waals surface area (Å²) >= 11 is 0. The van der Waals surface area contributed by atoms with Crippen LogP contribution in [0.5, 0.6) is 0 Å². The van der Waals surface area contributed by atoms with Crippen LogP contribution in [0, 0.1) is 0 Å². The van der Waals surface area contributed by atoms with Crippen molar-refractivity contribution >= 4 is 14.8 Å². The van der Waals surface area contributed by atoms with E-state index in [1.165, 1.54) is 58.6 Å². The molecule has 0 bridgehead atoms. The van der Waals surface area contributed by atoms with Crippen molar-refractivity contribution in [1.82, 2.24) is 0 Å². The van der Waals surface area contributed by atoms with Gasteiger partial charge in [0.25, 0.3) is 7.48 Å². The Bertz CT molecular complexity index is 175. The van der Waals surface area contributed by atoms with Gasteiger partial charge < -0.3 is 5.02 Å². The minimum absolute atomic E-state index is 0.218. The molecule has 1 rings (SSSR count). The highest BCUT2D eigenvalue weighted by atomic mass is 16.2. The smallest absolute Gasteiger partial charge is 0.276 e. The molecule has 0 aromatic rings. The lowest BCUT2D eigenvalue weighted by Crippen LogP contribution is -2.18. The van der Waals surface area contributed by atoms with Crippen LogP contribution in [0.2, 0.25) is 18.0 Å². The zero-order valence-electron chi connectivity index (χ0n) is 10.6. The molecular formula is C12H26B2O. The molecule has 1 aliphatic rings. The lowest BCUT2D eigenvalue weighted by molar-refractivity contribution is 0.396. The van der Waals surface area contributed by atoms with E-state index in [0.29, 0.717) is 7.48 Å². The fraction of sp³-hybridized carbons (Fsp3) is 1.00. The molecular weight excluding hydrogens is 182 g/mol. The van der Waals surface area contributed by atoms with Crippen LogP contribution in [-0.4, -0.2) is 19.8 Å². The van der Waals surface area contributed by atoms with Gasteiger partial charge in [-0.25, -0.2) is 0 Å². The molecule has 1 nitrogen and oxygen atoms in total. The third kappa shape index (κ3) is 4.63. The second kappa shape index (κ2) is 6.62. The molecule has 0 heterocycles. The number of rotatable bonds is 2. The summed E-state index contributed by atoms with van der Waals surface area (Å²) in [4.78, 5) is 0. The maximum atomic E-state index is 9.45. The summed E-state index contributed by atoms with van der Waals surface area (Å²) in [6.45, 7) is 4.58. The van der Waals surface area contributed by atoms with Gasteiger partial charge in [-0.15, -0.1) is 0 Å². The minimum atomic E-state index is 0.218. The summed E-state index contributed by atoms with van der Waals surface area (Å²) in [7, 11) is 1.72. The molecule has 1 saturated carbocycles. The van der Waals surface area contributed by atoms with E-state index in [2.05, 4.69) is 13.7 Å². The average Bonchev–Trinajstić information content (AvgIpc) is 2.26. The maximum absolute atomic E-state index is 9.45. The molecule has 1 aliphatic carbocycles. The van der Waals surface area contributed by atoms with E-state index >= 15 is 0 Å². The maximum Gasteiger partial charge on any atom is 0.276 e. The first kappa shape index (κ1) is 13.2.